The van der Waals surface area contributed by atoms with Crippen molar-refractivity contribution in [3.05, 3.63) is 30.1 Å². The van der Waals surface area contributed by atoms with Crippen molar-refractivity contribution in [3.8, 4) is 0 Å². The predicted octanol–water partition coefficient (Wildman–Crippen LogP) is 1.42. The Morgan fingerprint density at radius 1 is 1.39 bits per heavy atom. The van der Waals surface area contributed by atoms with Gasteiger partial charge in [-0.25, -0.2) is 4.79 Å². The fraction of sp³-hybridized carbons (Fsp3) is 0.562. The lowest BCUT2D eigenvalue weighted by molar-refractivity contribution is -0.121. The van der Waals surface area contributed by atoms with E-state index in [1.807, 2.05) is 23.9 Å². The van der Waals surface area contributed by atoms with E-state index in [2.05, 4.69) is 20.9 Å². The highest BCUT2D eigenvalue weighted by atomic mass is 32.2. The topological polar surface area (TPSA) is 83.1 Å². The Morgan fingerprint density at radius 3 is 3.13 bits per heavy atom. The van der Waals surface area contributed by atoms with Crippen LogP contribution >= 0.6 is 11.8 Å². The third-order valence-corrected chi connectivity index (χ3v) is 5.80. The molecule has 0 unspecified atom stereocenters. The molecule has 0 radical (unpaired) electrons. The minimum absolute atomic E-state index is 0.0416. The molecule has 0 aliphatic carbocycles. The van der Waals surface area contributed by atoms with Crippen LogP contribution in [0.25, 0.3) is 0 Å². The van der Waals surface area contributed by atoms with Crippen LogP contribution in [-0.4, -0.2) is 40.0 Å². The molecule has 2 fully saturated rings. The molecule has 0 saturated carbocycles. The number of hydrogen-bond acceptors (Lipinski definition) is 4. The van der Waals surface area contributed by atoms with Gasteiger partial charge in [0.2, 0.25) is 5.91 Å². The summed E-state index contributed by atoms with van der Waals surface area (Å²) in [4.78, 5) is 27.2. The molecule has 0 spiro atoms. The van der Waals surface area contributed by atoms with Crippen molar-refractivity contribution in [1.82, 2.24) is 20.9 Å². The molecule has 3 heterocycles. The Labute approximate surface area is 140 Å². The first-order chi connectivity index (χ1) is 11.2. The second-order valence-electron chi connectivity index (χ2n) is 6.01. The number of carbonyl (C=O) groups excluding carboxylic acids is 2. The van der Waals surface area contributed by atoms with E-state index >= 15 is 0 Å². The van der Waals surface area contributed by atoms with Gasteiger partial charge >= 0.3 is 6.03 Å². The number of amides is 3. The molecule has 1 aromatic heterocycles. The van der Waals surface area contributed by atoms with Gasteiger partial charge in [-0.15, -0.1) is 0 Å². The summed E-state index contributed by atoms with van der Waals surface area (Å²) < 4.78 is 0. The first kappa shape index (κ1) is 16.1. The zero-order chi connectivity index (χ0) is 16.1. The van der Waals surface area contributed by atoms with Gasteiger partial charge in [-0.3, -0.25) is 9.78 Å². The highest BCUT2D eigenvalue weighted by Gasteiger charge is 2.42. The van der Waals surface area contributed by atoms with Crippen LogP contribution in [0.2, 0.25) is 0 Å². The van der Waals surface area contributed by atoms with Crippen LogP contribution in [0.4, 0.5) is 4.79 Å². The Balaban J connectivity index is 1.29. The Kier molecular flexibility index (Phi) is 5.38. The van der Waals surface area contributed by atoms with E-state index in [1.165, 1.54) is 0 Å². The summed E-state index contributed by atoms with van der Waals surface area (Å²) in [5.74, 6) is 1.07. The molecule has 2 aliphatic rings. The van der Waals surface area contributed by atoms with Crippen LogP contribution in [0.1, 0.15) is 31.2 Å². The SMILES string of the molecule is O=C(CCCC[C@@H]1SC[C@@H]2NC(=O)N[C@H]21)NCc1cccnc1. The summed E-state index contributed by atoms with van der Waals surface area (Å²) in [6, 6.07) is 4.31. The number of urea groups is 1. The summed E-state index contributed by atoms with van der Waals surface area (Å²) >= 11 is 1.92. The number of fused-ring (bicyclic) bond motifs is 1. The maximum absolute atomic E-state index is 11.8. The molecule has 0 bridgehead atoms. The summed E-state index contributed by atoms with van der Waals surface area (Å²) in [6.07, 6.45) is 6.98. The lowest BCUT2D eigenvalue weighted by Crippen LogP contribution is -2.36. The van der Waals surface area contributed by atoms with E-state index in [4.69, 9.17) is 0 Å². The molecule has 0 aromatic carbocycles. The van der Waals surface area contributed by atoms with Gasteiger partial charge in [-0.05, 0) is 24.5 Å². The van der Waals surface area contributed by atoms with Gasteiger partial charge < -0.3 is 16.0 Å². The lowest BCUT2D eigenvalue weighted by atomic mass is 10.0. The molecule has 2 saturated heterocycles. The van der Waals surface area contributed by atoms with E-state index in [0.717, 1.165) is 30.6 Å². The van der Waals surface area contributed by atoms with Crippen LogP contribution in [0.3, 0.4) is 0 Å². The quantitative estimate of drug-likeness (QED) is 0.520. The van der Waals surface area contributed by atoms with E-state index < -0.39 is 0 Å². The van der Waals surface area contributed by atoms with Crippen molar-refractivity contribution >= 4 is 23.7 Å². The van der Waals surface area contributed by atoms with Crippen molar-refractivity contribution in [3.63, 3.8) is 0 Å². The summed E-state index contributed by atoms with van der Waals surface area (Å²) in [6.45, 7) is 0.534. The highest BCUT2D eigenvalue weighted by molar-refractivity contribution is 8.00. The molecule has 124 valence electrons. The average Bonchev–Trinajstić information content (AvgIpc) is 3.10. The van der Waals surface area contributed by atoms with E-state index in [0.29, 0.717) is 18.2 Å². The fourth-order valence-electron chi connectivity index (χ4n) is 3.07. The smallest absolute Gasteiger partial charge is 0.315 e. The predicted molar refractivity (Wildman–Crippen MR) is 90.0 cm³/mol. The molecular formula is C16H22N4O2S. The van der Waals surface area contributed by atoms with Crippen LogP contribution in [-0.2, 0) is 11.3 Å². The van der Waals surface area contributed by atoms with Crippen LogP contribution in [0.5, 0.6) is 0 Å². The van der Waals surface area contributed by atoms with E-state index in [-0.39, 0.29) is 24.0 Å². The van der Waals surface area contributed by atoms with E-state index in [1.54, 1.807) is 12.4 Å². The third-order valence-electron chi connectivity index (χ3n) is 4.29. The van der Waals surface area contributed by atoms with Gasteiger partial charge in [0, 0.05) is 36.4 Å². The van der Waals surface area contributed by atoms with Gasteiger partial charge in [0.25, 0.3) is 0 Å². The lowest BCUT2D eigenvalue weighted by Gasteiger charge is -2.16. The summed E-state index contributed by atoms with van der Waals surface area (Å²) in [5, 5.41) is 9.33. The Morgan fingerprint density at radius 2 is 2.30 bits per heavy atom. The fourth-order valence-corrected chi connectivity index (χ4v) is 4.61. The maximum Gasteiger partial charge on any atom is 0.315 e. The van der Waals surface area contributed by atoms with Crippen molar-refractivity contribution < 1.29 is 9.59 Å². The molecule has 3 rings (SSSR count). The number of nitrogens with zero attached hydrogens (tertiary/aromatic N) is 1. The first-order valence-corrected chi connectivity index (χ1v) is 9.11. The molecule has 23 heavy (non-hydrogen) atoms. The molecule has 1 aromatic rings. The number of pyridine rings is 1. The number of rotatable bonds is 7. The molecular weight excluding hydrogens is 312 g/mol. The standard InChI is InChI=1S/C16H22N4O2S/c21-14(18-9-11-4-3-7-17-8-11)6-2-1-5-13-15-12(10-23-13)19-16(22)20-15/h3-4,7-8,12-13,15H,1-2,5-6,9-10H2,(H,18,21)(H2,19,20,22)/t12-,13-,15+/m0/s1. The monoisotopic (exact) mass is 334 g/mol. The van der Waals surface area contributed by atoms with Crippen LogP contribution < -0.4 is 16.0 Å². The van der Waals surface area contributed by atoms with Gasteiger partial charge in [-0.1, -0.05) is 12.5 Å². The molecule has 6 nitrogen and oxygen atoms in total. The number of aromatic nitrogens is 1. The van der Waals surface area contributed by atoms with E-state index in [9.17, 15) is 9.59 Å². The number of thioether (sulfide) groups is 1. The third kappa shape index (κ3) is 4.37. The second kappa shape index (κ2) is 7.68. The van der Waals surface area contributed by atoms with Crippen molar-refractivity contribution in [2.75, 3.05) is 5.75 Å². The highest BCUT2D eigenvalue weighted by Crippen LogP contribution is 2.33. The molecule has 3 atom stereocenters. The molecule has 2 aliphatic heterocycles. The second-order valence-corrected chi connectivity index (χ2v) is 7.28. The number of carbonyl (C=O) groups is 2. The molecule has 7 heteroatoms. The number of unbranched alkanes of at least 4 members (excludes halogenated alkanes) is 1. The normalized spacial score (nSPS) is 25.6. The Bertz CT molecular complexity index is 554. The zero-order valence-corrected chi connectivity index (χ0v) is 13.8. The van der Waals surface area contributed by atoms with Gasteiger partial charge in [-0.2, -0.15) is 11.8 Å². The van der Waals surface area contributed by atoms with Crippen LogP contribution in [0, 0.1) is 0 Å². The first-order valence-electron chi connectivity index (χ1n) is 8.06. The van der Waals surface area contributed by atoms with Gasteiger partial charge in [0.1, 0.15) is 0 Å². The molecule has 3 amide bonds. The number of nitrogens with one attached hydrogen (secondary N) is 3. The van der Waals surface area contributed by atoms with Gasteiger partial charge in [0.15, 0.2) is 0 Å². The zero-order valence-electron chi connectivity index (χ0n) is 13.0. The van der Waals surface area contributed by atoms with Crippen LogP contribution in [0.15, 0.2) is 24.5 Å². The van der Waals surface area contributed by atoms with Crippen molar-refractivity contribution in [2.45, 2.75) is 49.6 Å². The van der Waals surface area contributed by atoms with Crippen molar-refractivity contribution in [1.29, 1.82) is 0 Å². The minimum atomic E-state index is -0.0416. The Hall–Kier alpha value is -1.76. The maximum atomic E-state index is 11.8. The summed E-state index contributed by atoms with van der Waals surface area (Å²) in [5.41, 5.74) is 1.01. The average molecular weight is 334 g/mol. The largest absolute Gasteiger partial charge is 0.352 e. The molecule has 3 N–H and O–H groups in total. The number of hydrogen-bond donors (Lipinski definition) is 3. The summed E-state index contributed by atoms with van der Waals surface area (Å²) in [7, 11) is 0. The van der Waals surface area contributed by atoms with Crippen molar-refractivity contribution in [2.24, 2.45) is 0 Å². The minimum Gasteiger partial charge on any atom is -0.352 e. The van der Waals surface area contributed by atoms with Gasteiger partial charge in [0.05, 0.1) is 12.1 Å².